The fourth-order valence-electron chi connectivity index (χ4n) is 3.40. The van der Waals surface area contributed by atoms with E-state index in [-0.39, 0.29) is 0 Å². The summed E-state index contributed by atoms with van der Waals surface area (Å²) in [6, 6.07) is 23.3. The molecule has 118 valence electrons. The first-order chi connectivity index (χ1) is 11.7. The molecule has 0 aliphatic carbocycles. The summed E-state index contributed by atoms with van der Waals surface area (Å²) >= 11 is 0. The summed E-state index contributed by atoms with van der Waals surface area (Å²) in [5.74, 6) is 0. The number of benzene rings is 2. The number of hydrogen-bond acceptors (Lipinski definition) is 1. The smallest absolute Gasteiger partial charge is 0.231 e. The van der Waals surface area contributed by atoms with Crippen LogP contribution in [0.5, 0.6) is 0 Å². The lowest BCUT2D eigenvalue weighted by Crippen LogP contribution is -2.34. The van der Waals surface area contributed by atoms with Crippen molar-refractivity contribution in [1.29, 1.82) is 0 Å². The molecular weight excluding hydrogens is 294 g/mol. The van der Waals surface area contributed by atoms with Crippen LogP contribution in [0.25, 0.3) is 33.5 Å². The molecule has 0 amide bonds. The molecule has 4 rings (SSSR count). The van der Waals surface area contributed by atoms with Crippen molar-refractivity contribution in [2.45, 2.75) is 6.92 Å². The van der Waals surface area contributed by atoms with E-state index in [9.17, 15) is 0 Å². The van der Waals surface area contributed by atoms with Gasteiger partial charge < -0.3 is 0 Å². The topological polar surface area (TPSA) is 21.7 Å². The van der Waals surface area contributed by atoms with Crippen LogP contribution in [0.15, 0.2) is 66.7 Å². The molecule has 2 aromatic carbocycles. The van der Waals surface area contributed by atoms with Crippen molar-refractivity contribution in [2.75, 3.05) is 0 Å². The molecule has 0 spiro atoms. The van der Waals surface area contributed by atoms with Gasteiger partial charge in [-0.1, -0.05) is 36.4 Å². The Morgan fingerprint density at radius 2 is 1.54 bits per heavy atom. The van der Waals surface area contributed by atoms with Crippen LogP contribution in [0.1, 0.15) is 5.56 Å². The Morgan fingerprint density at radius 1 is 0.833 bits per heavy atom. The molecule has 0 radical (unpaired) electrons. The maximum Gasteiger partial charge on any atom is 0.231 e. The minimum Gasteiger partial charge on any atom is -0.261 e. The molecule has 2 heterocycles. The monoisotopic (exact) mass is 314 g/mol. The fraction of sp³-hybridized carbons (Fsp3) is 0.143. The van der Waals surface area contributed by atoms with E-state index in [1.54, 1.807) is 0 Å². The van der Waals surface area contributed by atoms with E-state index in [0.717, 1.165) is 16.9 Å². The average molecular weight is 314 g/mol. The third kappa shape index (κ3) is 2.21. The third-order valence-corrected chi connectivity index (χ3v) is 4.64. The van der Waals surface area contributed by atoms with Crippen LogP contribution >= 0.6 is 0 Å². The first-order valence-electron chi connectivity index (χ1n) is 8.14. The fourth-order valence-corrected chi connectivity index (χ4v) is 3.40. The van der Waals surface area contributed by atoms with Crippen LogP contribution in [0.4, 0.5) is 0 Å². The van der Waals surface area contributed by atoms with Gasteiger partial charge in [-0.2, -0.15) is 9.67 Å². The van der Waals surface area contributed by atoms with Gasteiger partial charge in [-0.3, -0.25) is 4.68 Å². The number of hydrogen-bond donors (Lipinski definition) is 0. The number of pyridine rings is 1. The minimum atomic E-state index is 1.02. The van der Waals surface area contributed by atoms with Gasteiger partial charge in [0.05, 0.1) is 5.52 Å². The Kier molecular flexibility index (Phi) is 3.42. The van der Waals surface area contributed by atoms with Gasteiger partial charge in [-0.05, 0) is 30.7 Å². The lowest BCUT2D eigenvalue weighted by atomic mass is 10.0. The van der Waals surface area contributed by atoms with E-state index < -0.39 is 0 Å². The zero-order valence-electron chi connectivity index (χ0n) is 14.2. The van der Waals surface area contributed by atoms with E-state index in [1.807, 2.05) is 17.8 Å². The lowest BCUT2D eigenvalue weighted by molar-refractivity contribution is -0.649. The molecule has 3 nitrogen and oxygen atoms in total. The molecule has 0 fully saturated rings. The number of nitrogens with zero attached hydrogens (tertiary/aromatic N) is 3. The number of aryl methyl sites for hydroxylation is 2. The SMILES string of the molecule is Cc1ccccc1-c1cccc(-c2c3ccccc3nn2C)[n+]1C. The molecule has 0 saturated heterocycles. The Morgan fingerprint density at radius 3 is 2.38 bits per heavy atom. The molecule has 0 atom stereocenters. The van der Waals surface area contributed by atoms with Crippen molar-refractivity contribution in [3.63, 3.8) is 0 Å². The summed E-state index contributed by atoms with van der Waals surface area (Å²) in [6.45, 7) is 2.15. The molecule has 0 bridgehead atoms. The molecule has 0 aliphatic heterocycles. The van der Waals surface area contributed by atoms with Gasteiger partial charge in [-0.15, -0.1) is 0 Å². The Labute approximate surface area is 141 Å². The molecule has 24 heavy (non-hydrogen) atoms. The number of aromatic nitrogens is 3. The zero-order valence-corrected chi connectivity index (χ0v) is 14.2. The summed E-state index contributed by atoms with van der Waals surface area (Å²) in [6.07, 6.45) is 0. The Hall–Kier alpha value is -2.94. The van der Waals surface area contributed by atoms with Crippen molar-refractivity contribution in [2.24, 2.45) is 14.1 Å². The van der Waals surface area contributed by atoms with Crippen molar-refractivity contribution >= 4 is 10.9 Å². The second-order valence-corrected chi connectivity index (χ2v) is 6.16. The first kappa shape index (κ1) is 14.6. The summed E-state index contributed by atoms with van der Waals surface area (Å²) < 4.78 is 4.23. The molecule has 0 N–H and O–H groups in total. The van der Waals surface area contributed by atoms with Gasteiger partial charge in [0.25, 0.3) is 0 Å². The lowest BCUT2D eigenvalue weighted by Gasteiger charge is -2.08. The second-order valence-electron chi connectivity index (χ2n) is 6.16. The van der Waals surface area contributed by atoms with Crippen molar-refractivity contribution < 1.29 is 4.57 Å². The maximum absolute atomic E-state index is 4.65. The van der Waals surface area contributed by atoms with E-state index in [0.29, 0.717) is 0 Å². The molecule has 0 unspecified atom stereocenters. The van der Waals surface area contributed by atoms with Crippen LogP contribution in [0, 0.1) is 6.92 Å². The highest BCUT2D eigenvalue weighted by Crippen LogP contribution is 2.28. The largest absolute Gasteiger partial charge is 0.261 e. The van der Waals surface area contributed by atoms with Gasteiger partial charge in [0.2, 0.25) is 11.4 Å². The summed E-state index contributed by atoms with van der Waals surface area (Å²) in [4.78, 5) is 0. The van der Waals surface area contributed by atoms with Gasteiger partial charge >= 0.3 is 0 Å². The maximum atomic E-state index is 4.65. The Bertz CT molecular complexity index is 1040. The molecule has 4 aromatic rings. The zero-order chi connectivity index (χ0) is 16.7. The quantitative estimate of drug-likeness (QED) is 0.512. The summed E-state index contributed by atoms with van der Waals surface area (Å²) in [5.41, 5.74) is 7.07. The van der Waals surface area contributed by atoms with Gasteiger partial charge in [0.1, 0.15) is 12.7 Å². The highest BCUT2D eigenvalue weighted by Gasteiger charge is 2.22. The van der Waals surface area contributed by atoms with Crippen molar-refractivity contribution in [3.8, 4) is 22.6 Å². The standard InChI is InChI=1S/C21H20N3/c1-15-9-4-5-10-16(15)19-13-8-14-20(23(19)2)21-17-11-6-7-12-18(17)22-24(21)3/h4-14H,1-3H3/q+1. The van der Waals surface area contributed by atoms with E-state index in [4.69, 9.17) is 0 Å². The average Bonchev–Trinajstić information content (AvgIpc) is 2.92. The molecular formula is C21H20N3+. The molecule has 3 heteroatoms. The normalized spacial score (nSPS) is 11.1. The van der Waals surface area contributed by atoms with Crippen molar-refractivity contribution in [1.82, 2.24) is 9.78 Å². The number of rotatable bonds is 2. The van der Waals surface area contributed by atoms with Crippen LogP contribution in [0.2, 0.25) is 0 Å². The molecule has 2 aromatic heterocycles. The summed E-state index contributed by atoms with van der Waals surface area (Å²) in [5, 5.41) is 5.83. The number of fused-ring (bicyclic) bond motifs is 1. The van der Waals surface area contributed by atoms with Gasteiger partial charge in [-0.25, -0.2) is 0 Å². The molecule has 0 saturated carbocycles. The third-order valence-electron chi connectivity index (χ3n) is 4.64. The van der Waals surface area contributed by atoms with E-state index in [1.165, 1.54) is 22.2 Å². The van der Waals surface area contributed by atoms with Crippen LogP contribution in [0.3, 0.4) is 0 Å². The highest BCUT2D eigenvalue weighted by molar-refractivity contribution is 5.91. The second kappa shape index (κ2) is 5.60. The van der Waals surface area contributed by atoms with Crippen LogP contribution in [-0.4, -0.2) is 9.78 Å². The molecule has 0 aliphatic rings. The Balaban J connectivity index is 1.99. The van der Waals surface area contributed by atoms with Crippen LogP contribution in [-0.2, 0) is 14.1 Å². The van der Waals surface area contributed by atoms with E-state index >= 15 is 0 Å². The van der Waals surface area contributed by atoms with E-state index in [2.05, 4.69) is 84.3 Å². The summed E-state index contributed by atoms with van der Waals surface area (Å²) in [7, 11) is 4.13. The van der Waals surface area contributed by atoms with Gasteiger partial charge in [0, 0.05) is 30.1 Å². The van der Waals surface area contributed by atoms with Gasteiger partial charge in [0.15, 0.2) is 0 Å². The highest BCUT2D eigenvalue weighted by atomic mass is 15.3. The predicted molar refractivity (Wildman–Crippen MR) is 97.5 cm³/mol. The first-order valence-corrected chi connectivity index (χ1v) is 8.14. The van der Waals surface area contributed by atoms with Crippen LogP contribution < -0.4 is 4.57 Å². The van der Waals surface area contributed by atoms with Crippen molar-refractivity contribution in [3.05, 3.63) is 72.3 Å². The predicted octanol–water partition coefficient (Wildman–Crippen LogP) is 4.04. The minimum absolute atomic E-state index is 1.02.